The minimum absolute atomic E-state index is 0.290. The second-order valence-electron chi connectivity index (χ2n) is 4.25. The van der Waals surface area contributed by atoms with E-state index in [0.717, 1.165) is 15.7 Å². The summed E-state index contributed by atoms with van der Waals surface area (Å²) in [4.78, 5) is 0. The van der Waals surface area contributed by atoms with Crippen molar-refractivity contribution in [3.05, 3.63) is 51.7 Å². The Bertz CT molecular complexity index is 597. The average Bonchev–Trinajstić information content (AvgIpc) is 2.32. The second-order valence-corrected chi connectivity index (χ2v) is 5.04. The Hall–Kier alpha value is -1.55. The lowest BCUT2D eigenvalue weighted by Crippen LogP contribution is -1.99. The fourth-order valence-electron chi connectivity index (χ4n) is 1.69. The van der Waals surface area contributed by atoms with Gasteiger partial charge in [-0.05, 0) is 59.1 Å². The van der Waals surface area contributed by atoms with Crippen LogP contribution in [0.25, 0.3) is 0 Å². The van der Waals surface area contributed by atoms with Gasteiger partial charge in [-0.3, -0.25) is 0 Å². The molecule has 0 unspecified atom stereocenters. The van der Waals surface area contributed by atoms with E-state index < -0.39 is 0 Å². The zero-order valence-electron chi connectivity index (χ0n) is 10.2. The van der Waals surface area contributed by atoms with Crippen LogP contribution in [0, 0.1) is 19.7 Å². The summed E-state index contributed by atoms with van der Waals surface area (Å²) in [5.41, 5.74) is 9.51. The van der Waals surface area contributed by atoms with E-state index in [0.29, 0.717) is 16.9 Å². The molecule has 0 heterocycles. The van der Waals surface area contributed by atoms with Crippen molar-refractivity contribution in [1.29, 1.82) is 0 Å². The molecule has 2 aromatic rings. The number of hydrogen-bond donors (Lipinski definition) is 2. The summed E-state index contributed by atoms with van der Waals surface area (Å²) >= 11 is 3.52. The fourth-order valence-corrected chi connectivity index (χ4v) is 2.06. The predicted molar refractivity (Wildman–Crippen MR) is 77.7 cm³/mol. The summed E-state index contributed by atoms with van der Waals surface area (Å²) in [5, 5.41) is 3.21. The van der Waals surface area contributed by atoms with Crippen molar-refractivity contribution in [2.45, 2.75) is 13.8 Å². The standard InChI is InChI=1S/C14H14BrFN2/c1-8-4-3-5-12(14(8)15)18-13-6-9(2)10(16)7-11(13)17/h3-7,18H,17H2,1-2H3. The van der Waals surface area contributed by atoms with E-state index in [1.54, 1.807) is 13.0 Å². The van der Waals surface area contributed by atoms with E-state index in [9.17, 15) is 4.39 Å². The van der Waals surface area contributed by atoms with Crippen LogP contribution in [0.15, 0.2) is 34.8 Å². The Morgan fingerprint density at radius 1 is 1.11 bits per heavy atom. The summed E-state index contributed by atoms with van der Waals surface area (Å²) in [6.07, 6.45) is 0. The van der Waals surface area contributed by atoms with Crippen LogP contribution in [-0.4, -0.2) is 0 Å². The van der Waals surface area contributed by atoms with E-state index in [1.807, 2.05) is 25.1 Å². The van der Waals surface area contributed by atoms with E-state index in [4.69, 9.17) is 5.73 Å². The van der Waals surface area contributed by atoms with E-state index in [-0.39, 0.29) is 5.82 Å². The van der Waals surface area contributed by atoms with Crippen LogP contribution >= 0.6 is 15.9 Å². The zero-order chi connectivity index (χ0) is 13.3. The molecule has 0 aliphatic heterocycles. The maximum Gasteiger partial charge on any atom is 0.128 e. The fraction of sp³-hybridized carbons (Fsp3) is 0.143. The zero-order valence-corrected chi connectivity index (χ0v) is 11.8. The van der Waals surface area contributed by atoms with E-state index in [1.165, 1.54) is 6.07 Å². The SMILES string of the molecule is Cc1cc(Nc2cccc(C)c2Br)c(N)cc1F. The smallest absolute Gasteiger partial charge is 0.128 e. The van der Waals surface area contributed by atoms with Gasteiger partial charge in [0, 0.05) is 4.47 Å². The monoisotopic (exact) mass is 308 g/mol. The third kappa shape index (κ3) is 2.48. The molecule has 0 aliphatic rings. The number of halogens is 2. The van der Waals surface area contributed by atoms with Gasteiger partial charge in [-0.1, -0.05) is 12.1 Å². The van der Waals surface area contributed by atoms with Crippen molar-refractivity contribution in [2.75, 3.05) is 11.1 Å². The highest BCUT2D eigenvalue weighted by Gasteiger charge is 2.07. The van der Waals surface area contributed by atoms with Crippen LogP contribution in [0.5, 0.6) is 0 Å². The first kappa shape index (κ1) is 12.9. The molecular formula is C14H14BrFN2. The Labute approximate surface area is 114 Å². The van der Waals surface area contributed by atoms with Gasteiger partial charge in [0.15, 0.2) is 0 Å². The Balaban J connectivity index is 2.40. The van der Waals surface area contributed by atoms with Crippen LogP contribution in [-0.2, 0) is 0 Å². The number of nitrogens with one attached hydrogen (secondary N) is 1. The molecule has 0 amide bonds. The molecule has 0 atom stereocenters. The van der Waals surface area contributed by atoms with Crippen LogP contribution in [0.4, 0.5) is 21.5 Å². The van der Waals surface area contributed by atoms with E-state index >= 15 is 0 Å². The minimum atomic E-state index is -0.290. The van der Waals surface area contributed by atoms with Crippen molar-refractivity contribution in [2.24, 2.45) is 0 Å². The van der Waals surface area contributed by atoms with Gasteiger partial charge >= 0.3 is 0 Å². The molecule has 2 aromatic carbocycles. The molecule has 2 rings (SSSR count). The number of rotatable bonds is 2. The largest absolute Gasteiger partial charge is 0.397 e. The normalized spacial score (nSPS) is 10.4. The molecule has 0 bridgehead atoms. The topological polar surface area (TPSA) is 38.0 Å². The Morgan fingerprint density at radius 3 is 2.56 bits per heavy atom. The van der Waals surface area contributed by atoms with Crippen LogP contribution in [0.2, 0.25) is 0 Å². The quantitative estimate of drug-likeness (QED) is 0.800. The van der Waals surface area contributed by atoms with Crippen LogP contribution < -0.4 is 11.1 Å². The van der Waals surface area contributed by atoms with Gasteiger partial charge in [0.25, 0.3) is 0 Å². The maximum atomic E-state index is 13.3. The number of hydrogen-bond acceptors (Lipinski definition) is 2. The van der Waals surface area contributed by atoms with Crippen LogP contribution in [0.1, 0.15) is 11.1 Å². The molecule has 18 heavy (non-hydrogen) atoms. The third-order valence-corrected chi connectivity index (χ3v) is 3.84. The van der Waals surface area contributed by atoms with E-state index in [2.05, 4.69) is 21.2 Å². The minimum Gasteiger partial charge on any atom is -0.397 e. The van der Waals surface area contributed by atoms with Gasteiger partial charge in [0.2, 0.25) is 0 Å². The number of anilines is 3. The first-order chi connectivity index (χ1) is 8.49. The Morgan fingerprint density at radius 2 is 1.83 bits per heavy atom. The van der Waals surface area contributed by atoms with Crippen molar-refractivity contribution in [3.8, 4) is 0 Å². The number of aryl methyl sites for hydroxylation is 2. The molecule has 0 spiro atoms. The summed E-state index contributed by atoms with van der Waals surface area (Å²) in [7, 11) is 0. The molecule has 0 saturated heterocycles. The average molecular weight is 309 g/mol. The van der Waals surface area contributed by atoms with Gasteiger partial charge < -0.3 is 11.1 Å². The summed E-state index contributed by atoms with van der Waals surface area (Å²) in [6, 6.07) is 8.94. The van der Waals surface area contributed by atoms with Crippen molar-refractivity contribution >= 4 is 33.0 Å². The van der Waals surface area contributed by atoms with Gasteiger partial charge in [0.05, 0.1) is 17.1 Å². The Kier molecular flexibility index (Phi) is 3.57. The highest BCUT2D eigenvalue weighted by atomic mass is 79.9. The van der Waals surface area contributed by atoms with Crippen molar-refractivity contribution in [3.63, 3.8) is 0 Å². The third-order valence-electron chi connectivity index (χ3n) is 2.79. The summed E-state index contributed by atoms with van der Waals surface area (Å²) in [5.74, 6) is -0.290. The van der Waals surface area contributed by atoms with Crippen molar-refractivity contribution in [1.82, 2.24) is 0 Å². The second kappa shape index (κ2) is 4.98. The van der Waals surface area contributed by atoms with Gasteiger partial charge in [-0.15, -0.1) is 0 Å². The highest BCUT2D eigenvalue weighted by Crippen LogP contribution is 2.31. The molecule has 0 fully saturated rings. The molecule has 0 saturated carbocycles. The number of nitrogens with two attached hydrogens (primary N) is 1. The summed E-state index contributed by atoms with van der Waals surface area (Å²) < 4.78 is 14.3. The number of nitrogen functional groups attached to an aromatic ring is 1. The molecule has 94 valence electrons. The molecule has 0 radical (unpaired) electrons. The lowest BCUT2D eigenvalue weighted by Gasteiger charge is -2.13. The maximum absolute atomic E-state index is 13.3. The first-order valence-electron chi connectivity index (χ1n) is 5.57. The lowest BCUT2D eigenvalue weighted by molar-refractivity contribution is 0.619. The lowest BCUT2D eigenvalue weighted by atomic mass is 10.1. The predicted octanol–water partition coefficient (Wildman–Crippen LogP) is 4.53. The summed E-state index contributed by atoms with van der Waals surface area (Å²) in [6.45, 7) is 3.72. The van der Waals surface area contributed by atoms with Crippen LogP contribution in [0.3, 0.4) is 0 Å². The molecule has 4 heteroatoms. The molecule has 3 N–H and O–H groups in total. The van der Waals surface area contributed by atoms with Gasteiger partial charge in [-0.25, -0.2) is 4.39 Å². The van der Waals surface area contributed by atoms with Gasteiger partial charge in [-0.2, -0.15) is 0 Å². The molecular weight excluding hydrogens is 295 g/mol. The number of benzene rings is 2. The molecule has 0 aromatic heterocycles. The van der Waals surface area contributed by atoms with Crippen molar-refractivity contribution < 1.29 is 4.39 Å². The van der Waals surface area contributed by atoms with Gasteiger partial charge in [0.1, 0.15) is 5.82 Å². The molecule has 0 aliphatic carbocycles. The first-order valence-corrected chi connectivity index (χ1v) is 6.36. The highest BCUT2D eigenvalue weighted by molar-refractivity contribution is 9.10. The molecule has 2 nitrogen and oxygen atoms in total.